The Kier molecular flexibility index (Phi) is 5.52. The molecule has 2 unspecified atom stereocenters. The Hall–Kier alpha value is -2.62. The molecule has 0 heterocycles. The van der Waals surface area contributed by atoms with Gasteiger partial charge < -0.3 is 10.2 Å². The molecule has 4 nitrogen and oxygen atoms in total. The van der Waals surface area contributed by atoms with Gasteiger partial charge in [-0.2, -0.15) is 0 Å². The molecule has 0 aliphatic heterocycles. The van der Waals surface area contributed by atoms with Crippen LogP contribution in [0.3, 0.4) is 0 Å². The maximum absolute atomic E-state index is 11.6. The molecule has 2 aromatic rings. The van der Waals surface area contributed by atoms with Crippen molar-refractivity contribution in [2.75, 3.05) is 0 Å². The maximum atomic E-state index is 11.6. The molecule has 2 N–H and O–H groups in total. The van der Waals surface area contributed by atoms with Crippen LogP contribution in [-0.2, 0) is 16.0 Å². The van der Waals surface area contributed by atoms with Crippen LogP contribution >= 0.6 is 0 Å². The molecule has 0 aliphatic rings. The van der Waals surface area contributed by atoms with Gasteiger partial charge in [0, 0.05) is 5.92 Å². The van der Waals surface area contributed by atoms with Crippen molar-refractivity contribution >= 4 is 11.9 Å². The summed E-state index contributed by atoms with van der Waals surface area (Å²) in [5, 5.41) is 18.6. The van der Waals surface area contributed by atoms with Crippen LogP contribution in [0.2, 0.25) is 0 Å². The quantitative estimate of drug-likeness (QED) is 0.820. The highest BCUT2D eigenvalue weighted by Crippen LogP contribution is 2.31. The van der Waals surface area contributed by atoms with E-state index in [1.807, 2.05) is 61.5 Å². The van der Waals surface area contributed by atoms with Gasteiger partial charge in [-0.3, -0.25) is 9.59 Å². The van der Waals surface area contributed by atoms with Crippen molar-refractivity contribution in [2.24, 2.45) is 5.92 Å². The molecule has 2 rings (SSSR count). The molecular formula is C19H20O4. The zero-order chi connectivity index (χ0) is 16.8. The summed E-state index contributed by atoms with van der Waals surface area (Å²) in [6, 6.07) is 17.1. The molecule has 2 atom stereocenters. The Labute approximate surface area is 135 Å². The van der Waals surface area contributed by atoms with E-state index in [2.05, 4.69) is 0 Å². The standard InChI is InChI=1S/C19H20O4/c1-13-7-9-14(10-8-13)11-16(15-5-3-2-4-6-15)17(19(22)23)12-18(20)21/h2-10,16-17H,11-12H2,1H3,(H,20,21)(H,22,23). The van der Waals surface area contributed by atoms with Gasteiger partial charge in [-0.25, -0.2) is 0 Å². The normalized spacial score (nSPS) is 13.3. The first-order valence-corrected chi connectivity index (χ1v) is 7.52. The van der Waals surface area contributed by atoms with Crippen molar-refractivity contribution in [1.82, 2.24) is 0 Å². The molecule has 0 aliphatic carbocycles. The predicted molar refractivity (Wildman–Crippen MR) is 87.4 cm³/mol. The number of aliphatic carboxylic acids is 2. The number of carboxylic acid groups (broad SMARTS) is 2. The van der Waals surface area contributed by atoms with Gasteiger partial charge in [0.25, 0.3) is 0 Å². The van der Waals surface area contributed by atoms with E-state index < -0.39 is 17.9 Å². The van der Waals surface area contributed by atoms with Crippen LogP contribution in [0.1, 0.15) is 29.0 Å². The number of hydrogen-bond acceptors (Lipinski definition) is 2. The second-order valence-electron chi connectivity index (χ2n) is 5.75. The zero-order valence-corrected chi connectivity index (χ0v) is 13.0. The monoisotopic (exact) mass is 312 g/mol. The topological polar surface area (TPSA) is 74.6 Å². The second-order valence-corrected chi connectivity index (χ2v) is 5.75. The van der Waals surface area contributed by atoms with Gasteiger partial charge in [0.05, 0.1) is 12.3 Å². The second kappa shape index (κ2) is 7.58. The first kappa shape index (κ1) is 16.7. The molecule has 120 valence electrons. The SMILES string of the molecule is Cc1ccc(CC(c2ccccc2)C(CC(=O)O)C(=O)O)cc1. The van der Waals surface area contributed by atoms with Crippen LogP contribution in [0.15, 0.2) is 54.6 Å². The fourth-order valence-corrected chi connectivity index (χ4v) is 2.76. The Bertz CT molecular complexity index is 662. The van der Waals surface area contributed by atoms with E-state index in [1.165, 1.54) is 0 Å². The Morgan fingerprint density at radius 1 is 0.957 bits per heavy atom. The van der Waals surface area contributed by atoms with Crippen molar-refractivity contribution in [3.63, 3.8) is 0 Å². The van der Waals surface area contributed by atoms with Gasteiger partial charge >= 0.3 is 11.9 Å². The fraction of sp³-hybridized carbons (Fsp3) is 0.263. The summed E-state index contributed by atoms with van der Waals surface area (Å²) in [5.74, 6) is -3.51. The molecule has 0 spiro atoms. The lowest BCUT2D eigenvalue weighted by atomic mass is 9.80. The first-order valence-electron chi connectivity index (χ1n) is 7.52. The lowest BCUT2D eigenvalue weighted by molar-refractivity contribution is -0.149. The van der Waals surface area contributed by atoms with E-state index in [-0.39, 0.29) is 12.3 Å². The summed E-state index contributed by atoms with van der Waals surface area (Å²) in [6.07, 6.45) is 0.106. The van der Waals surface area contributed by atoms with E-state index in [0.717, 1.165) is 16.7 Å². The van der Waals surface area contributed by atoms with Crippen LogP contribution in [0.5, 0.6) is 0 Å². The minimum Gasteiger partial charge on any atom is -0.481 e. The number of aryl methyl sites for hydroxylation is 1. The van der Waals surface area contributed by atoms with Crippen LogP contribution in [0.4, 0.5) is 0 Å². The van der Waals surface area contributed by atoms with Crippen molar-refractivity contribution in [3.8, 4) is 0 Å². The molecule has 0 radical (unpaired) electrons. The summed E-state index contributed by atoms with van der Waals surface area (Å²) in [5.41, 5.74) is 2.98. The third kappa shape index (κ3) is 4.68. The summed E-state index contributed by atoms with van der Waals surface area (Å²) >= 11 is 0. The van der Waals surface area contributed by atoms with Gasteiger partial charge in [-0.05, 0) is 24.5 Å². The molecule has 0 aromatic heterocycles. The minimum absolute atomic E-state index is 0.382. The van der Waals surface area contributed by atoms with E-state index in [1.54, 1.807) is 0 Å². The molecule has 0 fully saturated rings. The highest BCUT2D eigenvalue weighted by atomic mass is 16.4. The molecule has 0 saturated heterocycles. The minimum atomic E-state index is -1.10. The molecular weight excluding hydrogens is 292 g/mol. The van der Waals surface area contributed by atoms with Gasteiger partial charge in [0.15, 0.2) is 0 Å². The Morgan fingerprint density at radius 3 is 2.09 bits per heavy atom. The largest absolute Gasteiger partial charge is 0.481 e. The first-order chi connectivity index (χ1) is 11.0. The van der Waals surface area contributed by atoms with Crippen molar-refractivity contribution in [3.05, 3.63) is 71.3 Å². The number of carbonyl (C=O) groups is 2. The third-order valence-electron chi connectivity index (χ3n) is 4.00. The van der Waals surface area contributed by atoms with Crippen molar-refractivity contribution < 1.29 is 19.8 Å². The fourth-order valence-electron chi connectivity index (χ4n) is 2.76. The molecule has 0 amide bonds. The van der Waals surface area contributed by atoms with Crippen LogP contribution in [0.25, 0.3) is 0 Å². The molecule has 4 heteroatoms. The number of hydrogen-bond donors (Lipinski definition) is 2. The lowest BCUT2D eigenvalue weighted by Crippen LogP contribution is -2.26. The van der Waals surface area contributed by atoms with Crippen molar-refractivity contribution in [1.29, 1.82) is 0 Å². The predicted octanol–water partition coefficient (Wildman–Crippen LogP) is 3.50. The van der Waals surface area contributed by atoms with Crippen LogP contribution in [0, 0.1) is 12.8 Å². The Morgan fingerprint density at radius 2 is 1.57 bits per heavy atom. The number of benzene rings is 2. The van der Waals surface area contributed by atoms with E-state index in [0.29, 0.717) is 6.42 Å². The van der Waals surface area contributed by atoms with E-state index >= 15 is 0 Å². The van der Waals surface area contributed by atoms with E-state index in [4.69, 9.17) is 5.11 Å². The molecule has 0 bridgehead atoms. The zero-order valence-electron chi connectivity index (χ0n) is 13.0. The summed E-state index contributed by atoms with van der Waals surface area (Å²) in [7, 11) is 0. The number of carboxylic acids is 2. The molecule has 2 aromatic carbocycles. The van der Waals surface area contributed by atoms with E-state index in [9.17, 15) is 14.7 Å². The van der Waals surface area contributed by atoms with Gasteiger partial charge in [-0.1, -0.05) is 60.2 Å². The molecule has 0 saturated carbocycles. The van der Waals surface area contributed by atoms with Crippen molar-refractivity contribution in [2.45, 2.75) is 25.7 Å². The lowest BCUT2D eigenvalue weighted by Gasteiger charge is -2.23. The van der Waals surface area contributed by atoms with Gasteiger partial charge in [-0.15, -0.1) is 0 Å². The van der Waals surface area contributed by atoms with Gasteiger partial charge in [0.1, 0.15) is 0 Å². The highest BCUT2D eigenvalue weighted by molar-refractivity contribution is 5.78. The smallest absolute Gasteiger partial charge is 0.307 e. The third-order valence-corrected chi connectivity index (χ3v) is 4.00. The maximum Gasteiger partial charge on any atom is 0.307 e. The number of rotatable bonds is 7. The average Bonchev–Trinajstić information content (AvgIpc) is 2.53. The van der Waals surface area contributed by atoms with Crippen LogP contribution in [-0.4, -0.2) is 22.2 Å². The summed E-state index contributed by atoms with van der Waals surface area (Å²) in [4.78, 5) is 22.7. The average molecular weight is 312 g/mol. The van der Waals surface area contributed by atoms with Gasteiger partial charge in [0.2, 0.25) is 0 Å². The molecule has 23 heavy (non-hydrogen) atoms. The summed E-state index contributed by atoms with van der Waals surface area (Å²) in [6.45, 7) is 1.99. The summed E-state index contributed by atoms with van der Waals surface area (Å²) < 4.78 is 0. The Balaban J connectivity index is 2.36. The van der Waals surface area contributed by atoms with Crippen LogP contribution < -0.4 is 0 Å². The highest BCUT2D eigenvalue weighted by Gasteiger charge is 2.31.